The molecule has 0 spiro atoms. The third kappa shape index (κ3) is 4.87. The molecule has 1 aromatic rings. The largest absolute Gasteiger partial charge is 0.507 e. The molecule has 4 heteroatoms. The van der Waals surface area contributed by atoms with Crippen molar-refractivity contribution in [1.29, 1.82) is 0 Å². The minimum atomic E-state index is -0.219. The van der Waals surface area contributed by atoms with Gasteiger partial charge in [-0.1, -0.05) is 47.6 Å². The number of hydrogen-bond donors (Lipinski definition) is 3. The van der Waals surface area contributed by atoms with Crippen molar-refractivity contribution in [2.24, 2.45) is 11.5 Å². The van der Waals surface area contributed by atoms with Crippen LogP contribution in [-0.2, 0) is 10.8 Å². The predicted octanol–water partition coefficient (Wildman–Crippen LogP) is 3.76. The van der Waals surface area contributed by atoms with Gasteiger partial charge in [0.25, 0.3) is 0 Å². The molecule has 1 aromatic carbocycles. The van der Waals surface area contributed by atoms with Crippen molar-refractivity contribution in [3.05, 3.63) is 28.8 Å². The van der Waals surface area contributed by atoms with Crippen LogP contribution in [0, 0.1) is 0 Å². The monoisotopic (exact) mass is 314 g/mol. The third-order valence-corrected chi connectivity index (χ3v) is 3.69. The van der Waals surface area contributed by atoms with Crippen LogP contribution >= 0.6 is 12.4 Å². The number of aromatic hydroxyl groups is 1. The highest BCUT2D eigenvalue weighted by molar-refractivity contribution is 5.85. The van der Waals surface area contributed by atoms with Crippen molar-refractivity contribution in [2.45, 2.75) is 64.8 Å². The molecule has 0 aliphatic heterocycles. The molecular formula is C17H31ClN2O. The van der Waals surface area contributed by atoms with Crippen LogP contribution < -0.4 is 11.5 Å². The van der Waals surface area contributed by atoms with E-state index in [0.717, 1.165) is 11.1 Å². The fraction of sp³-hybridized carbons (Fsp3) is 0.647. The number of phenolic OH excluding ortho intramolecular Hbond substituents is 1. The molecule has 3 nitrogen and oxygen atoms in total. The summed E-state index contributed by atoms with van der Waals surface area (Å²) in [4.78, 5) is 0. The lowest BCUT2D eigenvalue weighted by molar-refractivity contribution is 0.430. The molecule has 0 bridgehead atoms. The van der Waals surface area contributed by atoms with Crippen LogP contribution in [0.5, 0.6) is 5.75 Å². The van der Waals surface area contributed by atoms with E-state index in [-0.39, 0.29) is 29.3 Å². The fourth-order valence-corrected chi connectivity index (χ4v) is 2.28. The second kappa shape index (κ2) is 6.99. The molecule has 0 heterocycles. The number of nitrogens with two attached hydrogens (primary N) is 2. The van der Waals surface area contributed by atoms with Gasteiger partial charge in [0.2, 0.25) is 0 Å². The van der Waals surface area contributed by atoms with Gasteiger partial charge in [-0.15, -0.1) is 12.4 Å². The molecule has 5 N–H and O–H groups in total. The molecule has 0 unspecified atom stereocenters. The standard InChI is InChI=1S/C17H30N2O.ClH/c1-16(2,3)11-9-12(14(19)7-8-18)15(20)13(10-11)17(4,5)6;/h9-10,14,20H,7-8,18-19H2,1-6H3;1H/t14-;/m0./s1. The van der Waals surface area contributed by atoms with Crippen molar-refractivity contribution in [3.63, 3.8) is 0 Å². The Labute approximate surface area is 135 Å². The van der Waals surface area contributed by atoms with E-state index < -0.39 is 0 Å². The van der Waals surface area contributed by atoms with Gasteiger partial charge >= 0.3 is 0 Å². The van der Waals surface area contributed by atoms with Gasteiger partial charge in [0.05, 0.1) is 0 Å². The first-order chi connectivity index (χ1) is 8.98. The van der Waals surface area contributed by atoms with Crippen molar-refractivity contribution in [1.82, 2.24) is 0 Å². The predicted molar refractivity (Wildman–Crippen MR) is 93.4 cm³/mol. The van der Waals surface area contributed by atoms with Crippen molar-refractivity contribution >= 4 is 12.4 Å². The van der Waals surface area contributed by atoms with E-state index in [1.807, 2.05) is 6.07 Å². The molecule has 0 aromatic heterocycles. The summed E-state index contributed by atoms with van der Waals surface area (Å²) in [5, 5.41) is 10.6. The molecule has 0 radical (unpaired) electrons. The van der Waals surface area contributed by atoms with E-state index in [9.17, 15) is 5.11 Å². The number of phenols is 1. The third-order valence-electron chi connectivity index (χ3n) is 3.69. The maximum Gasteiger partial charge on any atom is 0.124 e. The number of benzene rings is 1. The van der Waals surface area contributed by atoms with Crippen LogP contribution in [0.2, 0.25) is 0 Å². The zero-order valence-electron chi connectivity index (χ0n) is 14.2. The smallest absolute Gasteiger partial charge is 0.124 e. The quantitative estimate of drug-likeness (QED) is 0.795. The normalized spacial score (nSPS) is 13.7. The Morgan fingerprint density at radius 2 is 1.57 bits per heavy atom. The minimum absolute atomic E-state index is 0. The average molecular weight is 315 g/mol. The van der Waals surface area contributed by atoms with Gasteiger partial charge in [0.15, 0.2) is 0 Å². The Hall–Kier alpha value is -0.770. The summed E-state index contributed by atoms with van der Waals surface area (Å²) >= 11 is 0. The Balaban J connectivity index is 0.00000400. The van der Waals surface area contributed by atoms with Gasteiger partial charge in [-0.2, -0.15) is 0 Å². The number of hydrogen-bond acceptors (Lipinski definition) is 3. The molecule has 0 saturated heterocycles. The Morgan fingerprint density at radius 3 is 1.95 bits per heavy atom. The number of rotatable bonds is 3. The summed E-state index contributed by atoms with van der Waals surface area (Å²) in [6.45, 7) is 13.3. The van der Waals surface area contributed by atoms with Crippen LogP contribution in [0.3, 0.4) is 0 Å². The molecule has 0 fully saturated rings. The maximum atomic E-state index is 10.6. The van der Waals surface area contributed by atoms with Crippen LogP contribution in [0.1, 0.15) is 70.7 Å². The van der Waals surface area contributed by atoms with E-state index in [1.54, 1.807) is 0 Å². The van der Waals surface area contributed by atoms with Gasteiger partial charge in [-0.05, 0) is 41.0 Å². The zero-order valence-corrected chi connectivity index (χ0v) is 15.0. The molecule has 21 heavy (non-hydrogen) atoms. The highest BCUT2D eigenvalue weighted by Gasteiger charge is 2.26. The van der Waals surface area contributed by atoms with Gasteiger partial charge < -0.3 is 16.6 Å². The highest BCUT2D eigenvalue weighted by Crippen LogP contribution is 2.39. The lowest BCUT2D eigenvalue weighted by Crippen LogP contribution is -2.21. The summed E-state index contributed by atoms with van der Waals surface area (Å²) in [6, 6.07) is 3.92. The second-order valence-corrected chi connectivity index (χ2v) is 7.65. The minimum Gasteiger partial charge on any atom is -0.507 e. The Morgan fingerprint density at radius 1 is 1.05 bits per heavy atom. The Kier molecular flexibility index (Phi) is 6.74. The van der Waals surface area contributed by atoms with E-state index in [2.05, 4.69) is 47.6 Å². The Bertz CT molecular complexity index is 473. The molecular weight excluding hydrogens is 284 g/mol. The van der Waals surface area contributed by atoms with Crippen LogP contribution in [-0.4, -0.2) is 11.7 Å². The van der Waals surface area contributed by atoms with Gasteiger partial charge in [0.1, 0.15) is 5.75 Å². The summed E-state index contributed by atoms with van der Waals surface area (Å²) in [5.41, 5.74) is 14.7. The first kappa shape index (κ1) is 20.2. The van der Waals surface area contributed by atoms with Crippen molar-refractivity contribution in [2.75, 3.05) is 6.54 Å². The first-order valence-electron chi connectivity index (χ1n) is 7.32. The lowest BCUT2D eigenvalue weighted by Gasteiger charge is -2.28. The van der Waals surface area contributed by atoms with Crippen LogP contribution in [0.25, 0.3) is 0 Å². The highest BCUT2D eigenvalue weighted by atomic mass is 35.5. The molecule has 0 amide bonds. The molecule has 0 aliphatic rings. The van der Waals surface area contributed by atoms with Gasteiger partial charge in [-0.25, -0.2) is 0 Å². The molecule has 122 valence electrons. The summed E-state index contributed by atoms with van der Waals surface area (Å²) in [5.74, 6) is 0.325. The van der Waals surface area contributed by atoms with Gasteiger partial charge in [0, 0.05) is 11.6 Å². The number of halogens is 1. The van der Waals surface area contributed by atoms with Crippen LogP contribution in [0.4, 0.5) is 0 Å². The van der Waals surface area contributed by atoms with Crippen molar-refractivity contribution in [3.8, 4) is 5.75 Å². The summed E-state index contributed by atoms with van der Waals surface area (Å²) in [6.07, 6.45) is 0.671. The van der Waals surface area contributed by atoms with E-state index >= 15 is 0 Å². The molecule has 0 aliphatic carbocycles. The van der Waals surface area contributed by atoms with E-state index in [4.69, 9.17) is 11.5 Å². The molecule has 1 atom stereocenters. The maximum absolute atomic E-state index is 10.6. The topological polar surface area (TPSA) is 72.3 Å². The zero-order chi connectivity index (χ0) is 15.7. The van der Waals surface area contributed by atoms with Crippen LogP contribution in [0.15, 0.2) is 12.1 Å². The second-order valence-electron chi connectivity index (χ2n) is 7.65. The fourth-order valence-electron chi connectivity index (χ4n) is 2.28. The SMILES string of the molecule is CC(C)(C)c1cc([C@@H](N)CCN)c(O)c(C(C)(C)C)c1.Cl. The first-order valence-corrected chi connectivity index (χ1v) is 7.32. The molecule has 1 rings (SSSR count). The van der Waals surface area contributed by atoms with E-state index in [1.165, 1.54) is 5.56 Å². The summed E-state index contributed by atoms with van der Waals surface area (Å²) < 4.78 is 0. The van der Waals surface area contributed by atoms with E-state index in [0.29, 0.717) is 18.7 Å². The van der Waals surface area contributed by atoms with Gasteiger partial charge in [-0.3, -0.25) is 0 Å². The lowest BCUT2D eigenvalue weighted by atomic mass is 9.78. The van der Waals surface area contributed by atoms with Crippen molar-refractivity contribution < 1.29 is 5.11 Å². The average Bonchev–Trinajstić information content (AvgIpc) is 2.26. The summed E-state index contributed by atoms with van der Waals surface area (Å²) in [7, 11) is 0. The molecule has 0 saturated carbocycles.